The monoisotopic (exact) mass is 483 g/mol. The Balaban J connectivity index is 1.60. The largest absolute Gasteiger partial charge is 0.489 e. The number of nitrogens with one attached hydrogen (secondary N) is 2. The first-order chi connectivity index (χ1) is 16.7. The standard InChI is InChI=1S/C26H30FN3O5/c1-26(2,3)35-25(32)28-10-13-34-23-20-9-6-18(27)16-21(20)24(31)29-22(23)17-4-7-19(8-5-17)30-11-14-33-15-12-30/h4-9,16H,10-15H2,1-3H3,(H,28,32)(H,29,31). The van der Waals surface area contributed by atoms with Gasteiger partial charge in [-0.05, 0) is 51.1 Å². The van der Waals surface area contributed by atoms with Crippen LogP contribution < -0.4 is 20.5 Å². The third-order valence-corrected chi connectivity index (χ3v) is 5.49. The molecule has 1 amide bonds. The van der Waals surface area contributed by atoms with E-state index in [-0.39, 0.29) is 18.5 Å². The van der Waals surface area contributed by atoms with Crippen LogP contribution in [0.3, 0.4) is 0 Å². The molecule has 3 aromatic rings. The molecular weight excluding hydrogens is 453 g/mol. The Bertz CT molecular complexity index is 1240. The van der Waals surface area contributed by atoms with Gasteiger partial charge in [0.05, 0.1) is 30.8 Å². The Morgan fingerprint density at radius 3 is 2.51 bits per heavy atom. The molecule has 35 heavy (non-hydrogen) atoms. The van der Waals surface area contributed by atoms with E-state index in [0.717, 1.165) is 24.3 Å². The molecular formula is C26H30FN3O5. The molecule has 1 aromatic heterocycles. The fraction of sp³-hybridized carbons (Fsp3) is 0.385. The van der Waals surface area contributed by atoms with Gasteiger partial charge in [-0.1, -0.05) is 12.1 Å². The van der Waals surface area contributed by atoms with Gasteiger partial charge < -0.3 is 29.4 Å². The summed E-state index contributed by atoms with van der Waals surface area (Å²) in [5.74, 6) is -0.104. The lowest BCUT2D eigenvalue weighted by Gasteiger charge is -2.29. The number of hydrogen-bond donors (Lipinski definition) is 2. The summed E-state index contributed by atoms with van der Waals surface area (Å²) in [5.41, 5.74) is 1.28. The Morgan fingerprint density at radius 1 is 1.11 bits per heavy atom. The molecule has 1 aliphatic heterocycles. The molecule has 0 saturated carbocycles. The van der Waals surface area contributed by atoms with E-state index in [1.807, 2.05) is 24.3 Å². The number of pyridine rings is 1. The van der Waals surface area contributed by atoms with Crippen LogP contribution in [-0.2, 0) is 9.47 Å². The zero-order valence-corrected chi connectivity index (χ0v) is 20.2. The van der Waals surface area contributed by atoms with E-state index in [1.54, 1.807) is 20.8 Å². The maximum absolute atomic E-state index is 13.9. The van der Waals surface area contributed by atoms with Crippen LogP contribution in [0.5, 0.6) is 5.75 Å². The van der Waals surface area contributed by atoms with Crippen molar-refractivity contribution in [3.05, 3.63) is 58.6 Å². The van der Waals surface area contributed by atoms with Crippen LogP contribution in [0.25, 0.3) is 22.0 Å². The van der Waals surface area contributed by atoms with Gasteiger partial charge in [0.25, 0.3) is 5.56 Å². The SMILES string of the molecule is CC(C)(C)OC(=O)NCCOc1c(-c2ccc(N3CCOCC3)cc2)[nH]c(=O)c2cc(F)ccc12. The molecule has 0 unspecified atom stereocenters. The van der Waals surface area contributed by atoms with Crippen molar-refractivity contribution in [2.24, 2.45) is 0 Å². The van der Waals surface area contributed by atoms with Crippen molar-refractivity contribution in [1.29, 1.82) is 0 Å². The number of amides is 1. The molecule has 1 fully saturated rings. The Labute approximate surface area is 203 Å². The number of morpholine rings is 1. The first kappa shape index (κ1) is 24.5. The van der Waals surface area contributed by atoms with Crippen molar-refractivity contribution in [2.75, 3.05) is 44.4 Å². The molecule has 8 nitrogen and oxygen atoms in total. The van der Waals surface area contributed by atoms with Gasteiger partial charge in [-0.3, -0.25) is 4.79 Å². The molecule has 2 N–H and O–H groups in total. The summed E-state index contributed by atoms with van der Waals surface area (Å²) < 4.78 is 30.5. The van der Waals surface area contributed by atoms with Gasteiger partial charge in [-0.25, -0.2) is 9.18 Å². The number of H-pyrrole nitrogens is 1. The zero-order chi connectivity index (χ0) is 25.0. The molecule has 2 aromatic carbocycles. The van der Waals surface area contributed by atoms with Crippen molar-refractivity contribution >= 4 is 22.6 Å². The molecule has 0 atom stereocenters. The van der Waals surface area contributed by atoms with E-state index < -0.39 is 23.1 Å². The molecule has 0 spiro atoms. The van der Waals surface area contributed by atoms with Crippen LogP contribution in [0, 0.1) is 5.82 Å². The number of hydrogen-bond acceptors (Lipinski definition) is 6. The van der Waals surface area contributed by atoms with E-state index in [1.165, 1.54) is 18.2 Å². The molecule has 0 radical (unpaired) electrons. The first-order valence-electron chi connectivity index (χ1n) is 11.6. The maximum atomic E-state index is 13.9. The quantitative estimate of drug-likeness (QED) is 0.514. The number of nitrogens with zero attached hydrogens (tertiary/aromatic N) is 1. The zero-order valence-electron chi connectivity index (χ0n) is 20.2. The van der Waals surface area contributed by atoms with E-state index >= 15 is 0 Å². The highest BCUT2D eigenvalue weighted by Gasteiger charge is 2.18. The summed E-state index contributed by atoms with van der Waals surface area (Å²) in [6, 6.07) is 11.8. The second-order valence-electron chi connectivity index (χ2n) is 9.27. The highest BCUT2D eigenvalue weighted by Crippen LogP contribution is 2.34. The summed E-state index contributed by atoms with van der Waals surface area (Å²) in [5, 5.41) is 3.32. The van der Waals surface area contributed by atoms with Gasteiger partial charge in [-0.15, -0.1) is 0 Å². The molecule has 2 heterocycles. The Kier molecular flexibility index (Phi) is 7.25. The molecule has 0 aliphatic carbocycles. The minimum Gasteiger partial charge on any atom is -0.489 e. The number of halogens is 1. The topological polar surface area (TPSA) is 92.9 Å². The number of anilines is 1. The molecule has 0 bridgehead atoms. The van der Waals surface area contributed by atoms with Crippen molar-refractivity contribution in [3.8, 4) is 17.0 Å². The lowest BCUT2D eigenvalue weighted by Crippen LogP contribution is -2.36. The van der Waals surface area contributed by atoms with Gasteiger partial charge in [0.2, 0.25) is 0 Å². The molecule has 186 valence electrons. The summed E-state index contributed by atoms with van der Waals surface area (Å²) in [6.07, 6.45) is -0.548. The van der Waals surface area contributed by atoms with E-state index in [0.29, 0.717) is 30.0 Å². The molecule has 9 heteroatoms. The molecule has 1 aliphatic rings. The second-order valence-corrected chi connectivity index (χ2v) is 9.27. The van der Waals surface area contributed by atoms with Gasteiger partial charge >= 0.3 is 6.09 Å². The van der Waals surface area contributed by atoms with E-state index in [4.69, 9.17) is 14.2 Å². The van der Waals surface area contributed by atoms with Crippen molar-refractivity contribution in [2.45, 2.75) is 26.4 Å². The number of benzene rings is 2. The number of aromatic nitrogens is 1. The van der Waals surface area contributed by atoms with Gasteiger partial charge in [-0.2, -0.15) is 0 Å². The first-order valence-corrected chi connectivity index (χ1v) is 11.6. The minimum atomic E-state index is -0.606. The van der Waals surface area contributed by atoms with Crippen molar-refractivity contribution < 1.29 is 23.4 Å². The summed E-state index contributed by atoms with van der Waals surface area (Å²) in [7, 11) is 0. The maximum Gasteiger partial charge on any atom is 0.407 e. The van der Waals surface area contributed by atoms with Gasteiger partial charge in [0, 0.05) is 29.7 Å². The third kappa shape index (κ3) is 6.10. The number of ether oxygens (including phenoxy) is 3. The van der Waals surface area contributed by atoms with Gasteiger partial charge in [0.15, 0.2) is 5.75 Å². The van der Waals surface area contributed by atoms with Crippen LogP contribution in [0.15, 0.2) is 47.3 Å². The lowest BCUT2D eigenvalue weighted by molar-refractivity contribution is 0.0520. The van der Waals surface area contributed by atoms with E-state index in [9.17, 15) is 14.0 Å². The Morgan fingerprint density at radius 2 is 1.83 bits per heavy atom. The lowest BCUT2D eigenvalue weighted by atomic mass is 10.0. The summed E-state index contributed by atoms with van der Waals surface area (Å²) in [6.45, 7) is 8.66. The highest BCUT2D eigenvalue weighted by molar-refractivity contribution is 5.93. The number of rotatable bonds is 6. The second kappa shape index (κ2) is 10.4. The highest BCUT2D eigenvalue weighted by atomic mass is 19.1. The Hall–Kier alpha value is -3.59. The fourth-order valence-electron chi connectivity index (χ4n) is 3.91. The molecule has 4 rings (SSSR count). The normalized spacial score (nSPS) is 14.1. The summed E-state index contributed by atoms with van der Waals surface area (Å²) in [4.78, 5) is 29.8. The number of alkyl carbamates (subject to hydrolysis) is 1. The average Bonchev–Trinajstić information content (AvgIpc) is 2.82. The number of carbonyl (C=O) groups is 1. The van der Waals surface area contributed by atoms with Crippen LogP contribution in [-0.4, -0.2) is 56.1 Å². The number of aromatic amines is 1. The minimum absolute atomic E-state index is 0.122. The number of carbonyl (C=O) groups excluding carboxylic acids is 1. The smallest absolute Gasteiger partial charge is 0.407 e. The van der Waals surface area contributed by atoms with Crippen molar-refractivity contribution in [1.82, 2.24) is 10.3 Å². The molecule has 1 saturated heterocycles. The number of fused-ring (bicyclic) bond motifs is 1. The predicted molar refractivity (Wildman–Crippen MR) is 133 cm³/mol. The average molecular weight is 484 g/mol. The van der Waals surface area contributed by atoms with Crippen molar-refractivity contribution in [3.63, 3.8) is 0 Å². The van der Waals surface area contributed by atoms with Crippen LogP contribution in [0.1, 0.15) is 20.8 Å². The summed E-state index contributed by atoms with van der Waals surface area (Å²) >= 11 is 0. The van der Waals surface area contributed by atoms with Crippen LogP contribution in [0.4, 0.5) is 14.9 Å². The fourth-order valence-corrected chi connectivity index (χ4v) is 3.91. The van der Waals surface area contributed by atoms with Crippen LogP contribution in [0.2, 0.25) is 0 Å². The third-order valence-electron chi connectivity index (χ3n) is 5.49. The van der Waals surface area contributed by atoms with Crippen LogP contribution >= 0.6 is 0 Å². The van der Waals surface area contributed by atoms with E-state index in [2.05, 4.69) is 15.2 Å². The predicted octanol–water partition coefficient (Wildman–Crippen LogP) is 4.07. The van der Waals surface area contributed by atoms with Gasteiger partial charge in [0.1, 0.15) is 18.0 Å².